The summed E-state index contributed by atoms with van der Waals surface area (Å²) in [5.74, 6) is 0.906. The molecular weight excluding hydrogens is 362 g/mol. The van der Waals surface area contributed by atoms with E-state index in [1.165, 1.54) is 27.1 Å². The van der Waals surface area contributed by atoms with Crippen LogP contribution in [0.5, 0.6) is 0 Å². The van der Waals surface area contributed by atoms with Gasteiger partial charge in [0.2, 0.25) is 0 Å². The zero-order valence-corrected chi connectivity index (χ0v) is 17.4. The van der Waals surface area contributed by atoms with Crippen molar-refractivity contribution in [3.63, 3.8) is 0 Å². The maximum atomic E-state index is 12.3. The molecule has 28 heavy (non-hydrogen) atoms. The van der Waals surface area contributed by atoms with Crippen LogP contribution in [0.15, 0.2) is 77.7 Å². The van der Waals surface area contributed by atoms with E-state index in [0.29, 0.717) is 6.54 Å². The molecule has 0 fully saturated rings. The molecule has 0 aliphatic carbocycles. The molecule has 0 aliphatic rings. The molecule has 0 saturated carbocycles. The van der Waals surface area contributed by atoms with Crippen molar-refractivity contribution >= 4 is 17.7 Å². The number of carbonyl (C=O) groups excluding carboxylic acids is 1. The first kappa shape index (κ1) is 20.2. The average molecular weight is 390 g/mol. The minimum absolute atomic E-state index is 0.00152. The van der Waals surface area contributed by atoms with Gasteiger partial charge in [-0.1, -0.05) is 59.7 Å². The Hall–Kier alpha value is -2.52. The first-order valence-corrected chi connectivity index (χ1v) is 10.7. The minimum atomic E-state index is 0.00152. The molecule has 3 rings (SSSR count). The lowest BCUT2D eigenvalue weighted by atomic mass is 10.1. The van der Waals surface area contributed by atoms with Crippen molar-refractivity contribution in [2.75, 3.05) is 6.54 Å². The Labute approximate surface area is 172 Å². The van der Waals surface area contributed by atoms with Crippen LogP contribution in [0, 0.1) is 13.8 Å². The molecule has 1 amide bonds. The van der Waals surface area contributed by atoms with Crippen LogP contribution in [-0.2, 0) is 12.2 Å². The number of benzene rings is 3. The van der Waals surface area contributed by atoms with Crippen LogP contribution in [0.3, 0.4) is 0 Å². The number of carbonyl (C=O) groups is 1. The van der Waals surface area contributed by atoms with E-state index in [0.717, 1.165) is 24.2 Å². The van der Waals surface area contributed by atoms with Gasteiger partial charge in [-0.15, -0.1) is 11.8 Å². The Balaban J connectivity index is 1.41. The van der Waals surface area contributed by atoms with Gasteiger partial charge >= 0.3 is 0 Å². The molecule has 3 aromatic carbocycles. The van der Waals surface area contributed by atoms with Gasteiger partial charge in [-0.2, -0.15) is 0 Å². The summed E-state index contributed by atoms with van der Waals surface area (Å²) in [7, 11) is 0. The molecule has 3 aromatic rings. The average Bonchev–Trinajstić information content (AvgIpc) is 2.72. The SMILES string of the molecule is Cc1ccc(CCCNC(=O)c2ccc(CSc3ccc(C)cc3)cc2)cc1. The largest absolute Gasteiger partial charge is 0.352 e. The Bertz CT molecular complexity index is 883. The van der Waals surface area contributed by atoms with Crippen molar-refractivity contribution in [2.24, 2.45) is 0 Å². The zero-order chi connectivity index (χ0) is 19.8. The summed E-state index contributed by atoms with van der Waals surface area (Å²) < 4.78 is 0. The standard InChI is InChI=1S/C25H27NOS/c1-19-5-9-21(10-6-19)4-3-17-26-25(27)23-13-11-22(12-14-23)18-28-24-15-7-20(2)8-16-24/h5-16H,3-4,17-18H2,1-2H3,(H,26,27). The molecule has 0 bridgehead atoms. The molecule has 0 atom stereocenters. The highest BCUT2D eigenvalue weighted by atomic mass is 32.2. The van der Waals surface area contributed by atoms with Gasteiger partial charge < -0.3 is 5.32 Å². The summed E-state index contributed by atoms with van der Waals surface area (Å²) in [5.41, 5.74) is 5.81. The van der Waals surface area contributed by atoms with Gasteiger partial charge in [-0.05, 0) is 62.1 Å². The van der Waals surface area contributed by atoms with E-state index in [2.05, 4.69) is 67.7 Å². The normalized spacial score (nSPS) is 10.6. The number of amides is 1. The Kier molecular flexibility index (Phi) is 7.32. The van der Waals surface area contributed by atoms with Crippen molar-refractivity contribution in [3.8, 4) is 0 Å². The third kappa shape index (κ3) is 6.28. The van der Waals surface area contributed by atoms with E-state index in [9.17, 15) is 4.79 Å². The van der Waals surface area contributed by atoms with Crippen molar-refractivity contribution < 1.29 is 4.79 Å². The van der Waals surface area contributed by atoms with Crippen LogP contribution in [0.1, 0.15) is 39.0 Å². The summed E-state index contributed by atoms with van der Waals surface area (Å²) in [6.45, 7) is 4.88. The monoisotopic (exact) mass is 389 g/mol. The van der Waals surface area contributed by atoms with Gasteiger partial charge in [0, 0.05) is 22.8 Å². The van der Waals surface area contributed by atoms with Crippen molar-refractivity contribution in [1.29, 1.82) is 0 Å². The first-order chi connectivity index (χ1) is 13.6. The number of hydrogen-bond donors (Lipinski definition) is 1. The fourth-order valence-electron chi connectivity index (χ4n) is 2.90. The Morgan fingerprint density at radius 3 is 2.00 bits per heavy atom. The number of aryl methyl sites for hydroxylation is 3. The summed E-state index contributed by atoms with van der Waals surface area (Å²) in [5, 5.41) is 3.02. The van der Waals surface area contributed by atoms with E-state index < -0.39 is 0 Å². The number of thioether (sulfide) groups is 1. The van der Waals surface area contributed by atoms with Crippen LogP contribution >= 0.6 is 11.8 Å². The second kappa shape index (κ2) is 10.1. The molecular formula is C25H27NOS. The summed E-state index contributed by atoms with van der Waals surface area (Å²) in [6, 6.07) is 25.1. The molecule has 0 spiro atoms. The zero-order valence-electron chi connectivity index (χ0n) is 16.6. The smallest absolute Gasteiger partial charge is 0.251 e. The van der Waals surface area contributed by atoms with Gasteiger partial charge in [0.1, 0.15) is 0 Å². The second-order valence-corrected chi connectivity index (χ2v) is 8.19. The van der Waals surface area contributed by atoms with E-state index in [4.69, 9.17) is 0 Å². The quantitative estimate of drug-likeness (QED) is 0.380. The molecule has 0 radical (unpaired) electrons. The minimum Gasteiger partial charge on any atom is -0.352 e. The van der Waals surface area contributed by atoms with Crippen molar-refractivity contribution in [1.82, 2.24) is 5.32 Å². The highest BCUT2D eigenvalue weighted by Crippen LogP contribution is 2.23. The molecule has 1 N–H and O–H groups in total. The van der Waals surface area contributed by atoms with Crippen LogP contribution < -0.4 is 5.32 Å². The summed E-state index contributed by atoms with van der Waals surface area (Å²) >= 11 is 1.81. The molecule has 3 heteroatoms. The van der Waals surface area contributed by atoms with Crippen molar-refractivity contribution in [2.45, 2.75) is 37.3 Å². The lowest BCUT2D eigenvalue weighted by Crippen LogP contribution is -2.24. The van der Waals surface area contributed by atoms with E-state index in [-0.39, 0.29) is 5.91 Å². The third-order valence-corrected chi connectivity index (χ3v) is 5.77. The highest BCUT2D eigenvalue weighted by Gasteiger charge is 2.05. The number of nitrogens with one attached hydrogen (secondary N) is 1. The first-order valence-electron chi connectivity index (χ1n) is 9.72. The van der Waals surface area contributed by atoms with Crippen LogP contribution in [-0.4, -0.2) is 12.5 Å². The Morgan fingerprint density at radius 2 is 1.36 bits per heavy atom. The fourth-order valence-corrected chi connectivity index (χ4v) is 3.76. The molecule has 0 aliphatic heterocycles. The number of hydrogen-bond acceptors (Lipinski definition) is 2. The molecule has 144 valence electrons. The third-order valence-electron chi connectivity index (χ3n) is 4.69. The summed E-state index contributed by atoms with van der Waals surface area (Å²) in [4.78, 5) is 13.6. The molecule has 0 unspecified atom stereocenters. The van der Waals surface area contributed by atoms with Crippen molar-refractivity contribution in [3.05, 3.63) is 101 Å². The van der Waals surface area contributed by atoms with Crippen LogP contribution in [0.2, 0.25) is 0 Å². The second-order valence-electron chi connectivity index (χ2n) is 7.14. The molecule has 0 heterocycles. The molecule has 0 saturated heterocycles. The lowest BCUT2D eigenvalue weighted by Gasteiger charge is -2.07. The van der Waals surface area contributed by atoms with Gasteiger partial charge in [-0.3, -0.25) is 4.79 Å². The predicted molar refractivity (Wildman–Crippen MR) is 119 cm³/mol. The van der Waals surface area contributed by atoms with E-state index >= 15 is 0 Å². The van der Waals surface area contributed by atoms with Gasteiger partial charge in [-0.25, -0.2) is 0 Å². The Morgan fingerprint density at radius 1 is 0.786 bits per heavy atom. The maximum Gasteiger partial charge on any atom is 0.251 e. The maximum absolute atomic E-state index is 12.3. The van der Waals surface area contributed by atoms with Crippen LogP contribution in [0.4, 0.5) is 0 Å². The molecule has 2 nitrogen and oxygen atoms in total. The highest BCUT2D eigenvalue weighted by molar-refractivity contribution is 7.98. The van der Waals surface area contributed by atoms with Crippen LogP contribution in [0.25, 0.3) is 0 Å². The fraction of sp³-hybridized carbons (Fsp3) is 0.240. The van der Waals surface area contributed by atoms with Gasteiger partial charge in [0.25, 0.3) is 5.91 Å². The topological polar surface area (TPSA) is 29.1 Å². The van der Waals surface area contributed by atoms with Gasteiger partial charge in [0.15, 0.2) is 0 Å². The molecule has 0 aromatic heterocycles. The van der Waals surface area contributed by atoms with Gasteiger partial charge in [0.05, 0.1) is 0 Å². The predicted octanol–water partition coefficient (Wildman–Crippen LogP) is 5.96. The summed E-state index contributed by atoms with van der Waals surface area (Å²) in [6.07, 6.45) is 1.93. The lowest BCUT2D eigenvalue weighted by molar-refractivity contribution is 0.0953. The van der Waals surface area contributed by atoms with E-state index in [1.54, 1.807) is 0 Å². The number of rotatable bonds is 8. The van der Waals surface area contributed by atoms with E-state index in [1.807, 2.05) is 36.0 Å².